The average Bonchev–Trinajstić information content (AvgIpc) is 2.72. The standard InChI is InChI=1S/C10H17N3S/c11-9(10-7-12-13-14-10)6-8-4-2-1-3-5-8/h7-9H,1-6,11H2. The molecule has 4 heteroatoms. The lowest BCUT2D eigenvalue weighted by molar-refractivity contribution is 0.320. The summed E-state index contributed by atoms with van der Waals surface area (Å²) in [4.78, 5) is 1.13. The number of nitrogens with two attached hydrogens (primary N) is 1. The van der Waals surface area contributed by atoms with Crippen LogP contribution in [0.2, 0.25) is 0 Å². The van der Waals surface area contributed by atoms with Crippen molar-refractivity contribution in [3.05, 3.63) is 11.1 Å². The summed E-state index contributed by atoms with van der Waals surface area (Å²) in [6, 6.07) is 0.165. The molecule has 0 bridgehead atoms. The first-order valence-corrected chi connectivity index (χ1v) is 6.16. The summed E-state index contributed by atoms with van der Waals surface area (Å²) in [6.07, 6.45) is 9.83. The van der Waals surface area contributed by atoms with E-state index in [1.165, 1.54) is 43.6 Å². The van der Waals surface area contributed by atoms with Crippen LogP contribution in [0.3, 0.4) is 0 Å². The second-order valence-electron chi connectivity index (χ2n) is 4.17. The molecule has 1 atom stereocenters. The molecule has 1 unspecified atom stereocenters. The van der Waals surface area contributed by atoms with Crippen LogP contribution < -0.4 is 5.73 Å². The summed E-state index contributed by atoms with van der Waals surface area (Å²) in [7, 11) is 0. The van der Waals surface area contributed by atoms with Gasteiger partial charge in [0.2, 0.25) is 0 Å². The van der Waals surface area contributed by atoms with Crippen molar-refractivity contribution in [1.29, 1.82) is 0 Å². The van der Waals surface area contributed by atoms with Gasteiger partial charge in [-0.15, -0.1) is 5.10 Å². The molecule has 14 heavy (non-hydrogen) atoms. The molecule has 78 valence electrons. The first kappa shape index (κ1) is 10.1. The normalized spacial score (nSPS) is 20.9. The molecule has 0 radical (unpaired) electrons. The lowest BCUT2D eigenvalue weighted by Crippen LogP contribution is -2.16. The molecule has 2 N–H and O–H groups in total. The first-order chi connectivity index (χ1) is 6.86. The number of rotatable bonds is 3. The maximum Gasteiger partial charge on any atom is 0.0669 e. The molecule has 1 aromatic heterocycles. The number of aromatic nitrogens is 2. The fraction of sp³-hybridized carbons (Fsp3) is 0.800. The topological polar surface area (TPSA) is 51.8 Å². The predicted molar refractivity (Wildman–Crippen MR) is 58.0 cm³/mol. The first-order valence-electron chi connectivity index (χ1n) is 5.39. The molecule has 0 spiro atoms. The highest BCUT2D eigenvalue weighted by Gasteiger charge is 2.18. The molecule has 0 saturated heterocycles. The van der Waals surface area contributed by atoms with Gasteiger partial charge in [0, 0.05) is 6.04 Å². The predicted octanol–water partition coefficient (Wildman–Crippen LogP) is 2.51. The van der Waals surface area contributed by atoms with E-state index < -0.39 is 0 Å². The monoisotopic (exact) mass is 211 g/mol. The summed E-state index contributed by atoms with van der Waals surface area (Å²) in [5, 5.41) is 3.82. The molecule has 3 nitrogen and oxygen atoms in total. The van der Waals surface area contributed by atoms with Gasteiger partial charge >= 0.3 is 0 Å². The largest absolute Gasteiger partial charge is 0.323 e. The van der Waals surface area contributed by atoms with Crippen LogP contribution >= 0.6 is 11.5 Å². The van der Waals surface area contributed by atoms with Crippen LogP contribution in [0, 0.1) is 5.92 Å². The molecule has 2 rings (SSSR count). The SMILES string of the molecule is NC(CC1CCCCC1)c1cnns1. The van der Waals surface area contributed by atoms with E-state index in [0.717, 1.165) is 17.2 Å². The number of nitrogens with zero attached hydrogens (tertiary/aromatic N) is 2. The highest BCUT2D eigenvalue weighted by Crippen LogP contribution is 2.31. The van der Waals surface area contributed by atoms with Crippen molar-refractivity contribution in [2.75, 3.05) is 0 Å². The van der Waals surface area contributed by atoms with E-state index in [4.69, 9.17) is 5.73 Å². The van der Waals surface area contributed by atoms with Gasteiger partial charge in [0.25, 0.3) is 0 Å². The highest BCUT2D eigenvalue weighted by molar-refractivity contribution is 7.05. The number of hydrogen-bond donors (Lipinski definition) is 1. The zero-order valence-electron chi connectivity index (χ0n) is 8.35. The Bertz CT molecular complexity index is 254. The molecule has 0 aliphatic heterocycles. The fourth-order valence-electron chi connectivity index (χ4n) is 2.24. The van der Waals surface area contributed by atoms with Crippen LogP contribution in [0.5, 0.6) is 0 Å². The van der Waals surface area contributed by atoms with Gasteiger partial charge in [-0.05, 0) is 23.9 Å². The van der Waals surface area contributed by atoms with E-state index in [0.29, 0.717) is 0 Å². The molecule has 1 aliphatic carbocycles. The summed E-state index contributed by atoms with van der Waals surface area (Å²) < 4.78 is 3.85. The van der Waals surface area contributed by atoms with Gasteiger partial charge in [-0.1, -0.05) is 36.6 Å². The molecule has 1 aromatic rings. The van der Waals surface area contributed by atoms with Crippen molar-refractivity contribution in [2.45, 2.75) is 44.6 Å². The van der Waals surface area contributed by atoms with Crippen molar-refractivity contribution in [3.8, 4) is 0 Å². The van der Waals surface area contributed by atoms with E-state index in [1.807, 2.05) is 0 Å². The van der Waals surface area contributed by atoms with Gasteiger partial charge in [-0.3, -0.25) is 0 Å². The van der Waals surface area contributed by atoms with Crippen LogP contribution in [0.15, 0.2) is 6.20 Å². The molecule has 0 aromatic carbocycles. The van der Waals surface area contributed by atoms with E-state index in [1.54, 1.807) is 6.20 Å². The van der Waals surface area contributed by atoms with Crippen molar-refractivity contribution in [1.82, 2.24) is 9.59 Å². The van der Waals surface area contributed by atoms with Gasteiger partial charge in [-0.2, -0.15) is 0 Å². The molecule has 1 heterocycles. The highest BCUT2D eigenvalue weighted by atomic mass is 32.1. The zero-order valence-corrected chi connectivity index (χ0v) is 9.17. The maximum absolute atomic E-state index is 6.10. The Labute approximate surface area is 88.9 Å². The van der Waals surface area contributed by atoms with Crippen LogP contribution in [0.1, 0.15) is 49.4 Å². The van der Waals surface area contributed by atoms with E-state index in [-0.39, 0.29) is 6.04 Å². The van der Waals surface area contributed by atoms with Gasteiger partial charge in [-0.25, -0.2) is 0 Å². The Hall–Kier alpha value is -0.480. The molecule has 1 fully saturated rings. The van der Waals surface area contributed by atoms with Crippen molar-refractivity contribution >= 4 is 11.5 Å². The summed E-state index contributed by atoms with van der Waals surface area (Å²) in [5.41, 5.74) is 6.10. The quantitative estimate of drug-likeness (QED) is 0.835. The summed E-state index contributed by atoms with van der Waals surface area (Å²) in [5.74, 6) is 0.834. The molecular formula is C10H17N3S. The van der Waals surface area contributed by atoms with Crippen molar-refractivity contribution in [3.63, 3.8) is 0 Å². The van der Waals surface area contributed by atoms with Gasteiger partial charge in [0.05, 0.1) is 11.1 Å². The molecule has 1 saturated carbocycles. The van der Waals surface area contributed by atoms with Crippen LogP contribution in [-0.2, 0) is 0 Å². The summed E-state index contributed by atoms with van der Waals surface area (Å²) >= 11 is 1.43. The third-order valence-corrected chi connectivity index (χ3v) is 3.85. The average molecular weight is 211 g/mol. The van der Waals surface area contributed by atoms with Gasteiger partial charge in [0.15, 0.2) is 0 Å². The Morgan fingerprint density at radius 2 is 2.21 bits per heavy atom. The van der Waals surface area contributed by atoms with E-state index in [9.17, 15) is 0 Å². The summed E-state index contributed by atoms with van der Waals surface area (Å²) in [6.45, 7) is 0. The Morgan fingerprint density at radius 3 is 2.86 bits per heavy atom. The maximum atomic E-state index is 6.10. The number of hydrogen-bond acceptors (Lipinski definition) is 4. The van der Waals surface area contributed by atoms with Gasteiger partial charge < -0.3 is 5.73 Å². The Kier molecular flexibility index (Phi) is 3.48. The van der Waals surface area contributed by atoms with Crippen LogP contribution in [0.25, 0.3) is 0 Å². The van der Waals surface area contributed by atoms with E-state index in [2.05, 4.69) is 9.59 Å². The van der Waals surface area contributed by atoms with Crippen LogP contribution in [-0.4, -0.2) is 9.59 Å². The minimum Gasteiger partial charge on any atom is -0.323 e. The molecular weight excluding hydrogens is 194 g/mol. The van der Waals surface area contributed by atoms with E-state index >= 15 is 0 Å². The zero-order chi connectivity index (χ0) is 9.80. The van der Waals surface area contributed by atoms with Crippen LogP contribution in [0.4, 0.5) is 0 Å². The Balaban J connectivity index is 1.84. The third kappa shape index (κ3) is 2.51. The lowest BCUT2D eigenvalue weighted by Gasteiger charge is -2.23. The second kappa shape index (κ2) is 4.84. The van der Waals surface area contributed by atoms with Gasteiger partial charge in [0.1, 0.15) is 0 Å². The third-order valence-electron chi connectivity index (χ3n) is 3.06. The minimum atomic E-state index is 0.165. The smallest absolute Gasteiger partial charge is 0.0669 e. The lowest BCUT2D eigenvalue weighted by atomic mass is 9.85. The van der Waals surface area contributed by atoms with Crippen molar-refractivity contribution < 1.29 is 0 Å². The Morgan fingerprint density at radius 1 is 1.43 bits per heavy atom. The minimum absolute atomic E-state index is 0.165. The van der Waals surface area contributed by atoms with Crippen molar-refractivity contribution in [2.24, 2.45) is 11.7 Å². The molecule has 1 aliphatic rings. The molecule has 0 amide bonds. The second-order valence-corrected chi connectivity index (χ2v) is 4.98. The fourth-order valence-corrected chi connectivity index (χ4v) is 2.75.